The van der Waals surface area contributed by atoms with E-state index in [1.54, 1.807) is 4.90 Å². The van der Waals surface area contributed by atoms with Crippen LogP contribution in [0.25, 0.3) is 0 Å². The molecule has 1 aromatic carbocycles. The molecule has 0 saturated heterocycles. The minimum atomic E-state index is -0.157. The molecular formula is C12H15BrClNO. The van der Waals surface area contributed by atoms with Gasteiger partial charge in [0.2, 0.25) is 5.91 Å². The van der Waals surface area contributed by atoms with Crippen molar-refractivity contribution in [1.82, 2.24) is 4.90 Å². The van der Waals surface area contributed by atoms with Crippen LogP contribution in [0.15, 0.2) is 24.3 Å². The van der Waals surface area contributed by atoms with E-state index in [-0.39, 0.29) is 10.7 Å². The number of carbonyl (C=O) groups is 1. The fraction of sp³-hybridized carbons (Fsp3) is 0.417. The third-order valence-corrected chi connectivity index (χ3v) is 3.11. The van der Waals surface area contributed by atoms with Crippen LogP contribution in [0.4, 0.5) is 0 Å². The van der Waals surface area contributed by atoms with Crippen LogP contribution in [0.5, 0.6) is 0 Å². The minimum Gasteiger partial charge on any atom is -0.338 e. The molecule has 0 radical (unpaired) electrons. The van der Waals surface area contributed by atoms with E-state index in [0.717, 1.165) is 5.56 Å². The summed E-state index contributed by atoms with van der Waals surface area (Å²) in [5.74, 6) is 0.0856. The molecule has 0 fully saturated rings. The van der Waals surface area contributed by atoms with E-state index in [4.69, 9.17) is 11.6 Å². The third kappa shape index (κ3) is 3.49. The van der Waals surface area contributed by atoms with E-state index in [0.29, 0.717) is 18.1 Å². The Morgan fingerprint density at radius 2 is 2.12 bits per heavy atom. The highest BCUT2D eigenvalue weighted by Gasteiger charge is 2.17. The Hall–Kier alpha value is -0.540. The first-order valence-corrected chi connectivity index (χ1v) is 6.52. The number of carbonyl (C=O) groups excluding carboxylic acids is 1. The number of nitrogens with zero attached hydrogens (tertiary/aromatic N) is 1. The van der Waals surface area contributed by atoms with Gasteiger partial charge in [-0.25, -0.2) is 0 Å². The van der Waals surface area contributed by atoms with Crippen LogP contribution in [-0.4, -0.2) is 22.2 Å². The van der Waals surface area contributed by atoms with Crippen LogP contribution < -0.4 is 0 Å². The average molecular weight is 305 g/mol. The van der Waals surface area contributed by atoms with Gasteiger partial charge in [0.05, 0.1) is 4.83 Å². The second kappa shape index (κ2) is 6.26. The number of hydrogen-bond acceptors (Lipinski definition) is 1. The Morgan fingerprint density at radius 1 is 1.50 bits per heavy atom. The summed E-state index contributed by atoms with van der Waals surface area (Å²) in [5.41, 5.74) is 0.979. The Kier molecular flexibility index (Phi) is 5.29. The van der Waals surface area contributed by atoms with Crippen molar-refractivity contribution in [3.8, 4) is 0 Å². The lowest BCUT2D eigenvalue weighted by atomic mass is 10.2. The van der Waals surface area contributed by atoms with Gasteiger partial charge in [-0.3, -0.25) is 4.79 Å². The maximum Gasteiger partial charge on any atom is 0.236 e. The average Bonchev–Trinajstić information content (AvgIpc) is 2.27. The number of benzene rings is 1. The van der Waals surface area contributed by atoms with Crippen molar-refractivity contribution in [3.05, 3.63) is 34.9 Å². The summed E-state index contributed by atoms with van der Waals surface area (Å²) in [4.78, 5) is 13.4. The molecule has 0 aromatic heterocycles. The quantitative estimate of drug-likeness (QED) is 0.780. The van der Waals surface area contributed by atoms with Crippen LogP contribution in [0.3, 0.4) is 0 Å². The highest BCUT2D eigenvalue weighted by molar-refractivity contribution is 9.10. The minimum absolute atomic E-state index is 0.0856. The SMILES string of the molecule is CCN(Cc1ccccc1Cl)C(=O)C(C)Br. The molecule has 0 aliphatic rings. The summed E-state index contributed by atoms with van der Waals surface area (Å²) in [6.07, 6.45) is 0. The molecule has 2 nitrogen and oxygen atoms in total. The molecule has 0 heterocycles. The molecule has 0 saturated carbocycles. The molecule has 0 aliphatic carbocycles. The van der Waals surface area contributed by atoms with Crippen molar-refractivity contribution in [2.45, 2.75) is 25.2 Å². The number of halogens is 2. The van der Waals surface area contributed by atoms with Crippen molar-refractivity contribution in [3.63, 3.8) is 0 Å². The van der Waals surface area contributed by atoms with Crippen molar-refractivity contribution >= 4 is 33.4 Å². The molecule has 1 atom stereocenters. The third-order valence-electron chi connectivity index (χ3n) is 2.35. The maximum absolute atomic E-state index is 11.8. The molecule has 0 bridgehead atoms. The van der Waals surface area contributed by atoms with Gasteiger partial charge in [0.15, 0.2) is 0 Å². The van der Waals surface area contributed by atoms with E-state index in [9.17, 15) is 4.79 Å². The molecule has 16 heavy (non-hydrogen) atoms. The van der Waals surface area contributed by atoms with Gasteiger partial charge in [-0.1, -0.05) is 45.7 Å². The van der Waals surface area contributed by atoms with Crippen molar-refractivity contribution in [2.24, 2.45) is 0 Å². The van der Waals surface area contributed by atoms with E-state index in [1.807, 2.05) is 38.1 Å². The predicted molar refractivity (Wildman–Crippen MR) is 70.9 cm³/mol. The molecule has 1 amide bonds. The summed E-state index contributed by atoms with van der Waals surface area (Å²) < 4.78 is 0. The Labute approximate surface area is 110 Å². The normalized spacial score (nSPS) is 12.2. The number of hydrogen-bond donors (Lipinski definition) is 0. The van der Waals surface area contributed by atoms with Crippen LogP contribution in [0.2, 0.25) is 5.02 Å². The maximum atomic E-state index is 11.8. The Morgan fingerprint density at radius 3 is 2.62 bits per heavy atom. The summed E-state index contributed by atoms with van der Waals surface area (Å²) in [5, 5.41) is 0.705. The van der Waals surface area contributed by atoms with Crippen LogP contribution >= 0.6 is 27.5 Å². The fourth-order valence-corrected chi connectivity index (χ4v) is 1.91. The van der Waals surface area contributed by atoms with Gasteiger partial charge in [0, 0.05) is 18.1 Å². The second-order valence-electron chi connectivity index (χ2n) is 3.56. The number of amides is 1. The lowest BCUT2D eigenvalue weighted by molar-refractivity contribution is -0.130. The first-order chi connectivity index (χ1) is 7.56. The van der Waals surface area contributed by atoms with E-state index in [1.165, 1.54) is 0 Å². The fourth-order valence-electron chi connectivity index (χ4n) is 1.43. The summed E-state index contributed by atoms with van der Waals surface area (Å²) >= 11 is 9.35. The largest absolute Gasteiger partial charge is 0.338 e. The summed E-state index contributed by atoms with van der Waals surface area (Å²) in [6.45, 7) is 5.03. The van der Waals surface area contributed by atoms with Crippen LogP contribution in [0, 0.1) is 0 Å². The van der Waals surface area contributed by atoms with Gasteiger partial charge >= 0.3 is 0 Å². The zero-order chi connectivity index (χ0) is 12.1. The van der Waals surface area contributed by atoms with Crippen molar-refractivity contribution in [2.75, 3.05) is 6.54 Å². The molecule has 1 unspecified atom stereocenters. The van der Waals surface area contributed by atoms with Crippen LogP contribution in [-0.2, 0) is 11.3 Å². The smallest absolute Gasteiger partial charge is 0.236 e. The van der Waals surface area contributed by atoms with Crippen LogP contribution in [0.1, 0.15) is 19.4 Å². The molecule has 1 aromatic rings. The number of alkyl halides is 1. The van der Waals surface area contributed by atoms with E-state index >= 15 is 0 Å². The van der Waals surface area contributed by atoms with Gasteiger partial charge < -0.3 is 4.90 Å². The predicted octanol–water partition coefficient (Wildman–Crippen LogP) is 3.47. The highest BCUT2D eigenvalue weighted by atomic mass is 79.9. The molecule has 0 aliphatic heterocycles. The van der Waals surface area contributed by atoms with Gasteiger partial charge in [-0.05, 0) is 25.5 Å². The first-order valence-electron chi connectivity index (χ1n) is 5.22. The van der Waals surface area contributed by atoms with Gasteiger partial charge in [-0.15, -0.1) is 0 Å². The Bertz CT molecular complexity index is 368. The monoisotopic (exact) mass is 303 g/mol. The standard InChI is InChI=1S/C12H15BrClNO/c1-3-15(12(16)9(2)13)8-10-6-4-5-7-11(10)14/h4-7,9H,3,8H2,1-2H3. The van der Waals surface area contributed by atoms with E-state index in [2.05, 4.69) is 15.9 Å². The lowest BCUT2D eigenvalue weighted by Crippen LogP contribution is -2.34. The van der Waals surface area contributed by atoms with Crippen molar-refractivity contribution in [1.29, 1.82) is 0 Å². The second-order valence-corrected chi connectivity index (χ2v) is 5.34. The zero-order valence-electron chi connectivity index (χ0n) is 9.41. The molecule has 4 heteroatoms. The molecule has 1 rings (SSSR count). The van der Waals surface area contributed by atoms with Gasteiger partial charge in [0.1, 0.15) is 0 Å². The van der Waals surface area contributed by atoms with Gasteiger partial charge in [0.25, 0.3) is 0 Å². The Balaban J connectivity index is 2.78. The van der Waals surface area contributed by atoms with Gasteiger partial charge in [-0.2, -0.15) is 0 Å². The summed E-state index contributed by atoms with van der Waals surface area (Å²) in [7, 11) is 0. The molecule has 88 valence electrons. The molecule has 0 N–H and O–H groups in total. The first kappa shape index (κ1) is 13.5. The highest BCUT2D eigenvalue weighted by Crippen LogP contribution is 2.18. The number of rotatable bonds is 4. The lowest BCUT2D eigenvalue weighted by Gasteiger charge is -2.22. The topological polar surface area (TPSA) is 20.3 Å². The summed E-state index contributed by atoms with van der Waals surface area (Å²) in [6, 6.07) is 7.60. The zero-order valence-corrected chi connectivity index (χ0v) is 11.8. The molecular weight excluding hydrogens is 289 g/mol. The van der Waals surface area contributed by atoms with E-state index < -0.39 is 0 Å². The van der Waals surface area contributed by atoms with Crippen molar-refractivity contribution < 1.29 is 4.79 Å². The molecule has 0 spiro atoms.